The fourth-order valence-corrected chi connectivity index (χ4v) is 4.85. The maximum absolute atomic E-state index is 13.1. The van der Waals surface area contributed by atoms with E-state index in [1.165, 1.54) is 0 Å². The number of halogens is 1. The zero-order valence-electron chi connectivity index (χ0n) is 15.5. The van der Waals surface area contributed by atoms with Gasteiger partial charge in [0.05, 0.1) is 12.6 Å². The Morgan fingerprint density at radius 1 is 1.18 bits per heavy atom. The van der Waals surface area contributed by atoms with Crippen LogP contribution in [0.25, 0.3) is 10.9 Å². The van der Waals surface area contributed by atoms with Crippen LogP contribution < -0.4 is 10.1 Å². The van der Waals surface area contributed by atoms with E-state index in [0.29, 0.717) is 6.42 Å². The zero-order chi connectivity index (χ0) is 19.3. The monoisotopic (exact) mass is 434 g/mol. The molecule has 1 atom stereocenters. The number of Topliss-reactive ketones (excluding diaryl/α,β-unsaturated/α-hetero) is 1. The highest BCUT2D eigenvalue weighted by atomic mass is 79.9. The van der Waals surface area contributed by atoms with E-state index in [0.717, 1.165) is 62.1 Å². The van der Waals surface area contributed by atoms with Crippen LogP contribution in [-0.2, 0) is 4.79 Å². The van der Waals surface area contributed by atoms with E-state index >= 15 is 0 Å². The molecular formula is C23H19BrN2O2. The Bertz CT molecular complexity index is 1150. The lowest BCUT2D eigenvalue weighted by Crippen LogP contribution is -2.27. The van der Waals surface area contributed by atoms with Crippen molar-refractivity contribution in [3.05, 3.63) is 75.5 Å². The first-order valence-corrected chi connectivity index (χ1v) is 10.2. The van der Waals surface area contributed by atoms with Crippen molar-refractivity contribution < 1.29 is 9.53 Å². The van der Waals surface area contributed by atoms with E-state index in [-0.39, 0.29) is 11.7 Å². The number of ether oxygens (including phenoxy) is 1. The summed E-state index contributed by atoms with van der Waals surface area (Å²) in [6.45, 7) is 0. The first-order chi connectivity index (χ1) is 13.7. The van der Waals surface area contributed by atoms with Gasteiger partial charge in [0, 0.05) is 50.9 Å². The highest BCUT2D eigenvalue weighted by Gasteiger charge is 2.37. The number of carbonyl (C=O) groups is 1. The summed E-state index contributed by atoms with van der Waals surface area (Å²) < 4.78 is 6.67. The molecule has 0 saturated carbocycles. The summed E-state index contributed by atoms with van der Waals surface area (Å²) in [6, 6.07) is 14.1. The van der Waals surface area contributed by atoms with Gasteiger partial charge in [-0.25, -0.2) is 0 Å². The molecule has 2 aromatic carbocycles. The Morgan fingerprint density at radius 3 is 2.93 bits per heavy atom. The average molecular weight is 435 g/mol. The number of hydrogen-bond donors (Lipinski definition) is 1. The molecule has 0 amide bonds. The van der Waals surface area contributed by atoms with Gasteiger partial charge in [-0.1, -0.05) is 22.0 Å². The molecule has 2 aliphatic rings. The first kappa shape index (κ1) is 17.4. The van der Waals surface area contributed by atoms with Crippen LogP contribution in [0.4, 0.5) is 5.69 Å². The van der Waals surface area contributed by atoms with Crippen LogP contribution in [0.3, 0.4) is 0 Å². The van der Waals surface area contributed by atoms with E-state index in [2.05, 4.69) is 44.4 Å². The number of nitrogens with one attached hydrogen (secondary N) is 1. The number of ketones is 1. The molecule has 0 saturated heterocycles. The molecule has 4 nitrogen and oxygen atoms in total. The van der Waals surface area contributed by atoms with Crippen LogP contribution in [0.1, 0.15) is 36.3 Å². The third-order valence-electron chi connectivity index (χ3n) is 5.65. The summed E-state index contributed by atoms with van der Waals surface area (Å²) in [7, 11) is 1.68. The Balaban J connectivity index is 1.87. The highest BCUT2D eigenvalue weighted by molar-refractivity contribution is 9.10. The number of anilines is 1. The molecule has 5 heteroatoms. The Hall–Kier alpha value is -2.66. The molecule has 1 aliphatic carbocycles. The maximum Gasteiger partial charge on any atom is 0.161 e. The van der Waals surface area contributed by atoms with Gasteiger partial charge in [-0.2, -0.15) is 0 Å². The van der Waals surface area contributed by atoms with E-state index < -0.39 is 0 Å². The second-order valence-electron chi connectivity index (χ2n) is 7.21. The van der Waals surface area contributed by atoms with Crippen LogP contribution in [-0.4, -0.2) is 17.9 Å². The Labute approximate surface area is 171 Å². The molecule has 3 aromatic rings. The van der Waals surface area contributed by atoms with Crippen molar-refractivity contribution in [1.82, 2.24) is 4.98 Å². The number of methoxy groups -OCH3 is 1. The summed E-state index contributed by atoms with van der Waals surface area (Å²) >= 11 is 3.60. The Morgan fingerprint density at radius 2 is 2.07 bits per heavy atom. The minimum atomic E-state index is -0.181. The number of pyridine rings is 1. The fraction of sp³-hybridized carbons (Fsp3) is 0.217. The summed E-state index contributed by atoms with van der Waals surface area (Å²) in [5, 5.41) is 4.61. The summed E-state index contributed by atoms with van der Waals surface area (Å²) in [5.74, 6) is 0.818. The highest BCUT2D eigenvalue weighted by Crippen LogP contribution is 2.50. The summed E-state index contributed by atoms with van der Waals surface area (Å²) in [4.78, 5) is 17.6. The van der Waals surface area contributed by atoms with Crippen LogP contribution in [0.5, 0.6) is 5.75 Å². The standard InChI is InChI=1S/C23H19BrN2O2/c1-28-20-10-7-13(24)12-15(20)22-21-14-4-3-11-25-16(14)8-9-18(21)26-17-5-2-6-19(27)23(17)22/h3-4,7-12,22,26H,2,5-6H2,1H3. The largest absolute Gasteiger partial charge is 0.496 e. The smallest absolute Gasteiger partial charge is 0.161 e. The van der Waals surface area contributed by atoms with Gasteiger partial charge in [0.2, 0.25) is 0 Å². The molecule has 140 valence electrons. The van der Waals surface area contributed by atoms with Gasteiger partial charge in [0.25, 0.3) is 0 Å². The zero-order valence-corrected chi connectivity index (χ0v) is 17.0. The van der Waals surface area contributed by atoms with Crippen LogP contribution >= 0.6 is 15.9 Å². The molecule has 2 heterocycles. The predicted molar refractivity (Wildman–Crippen MR) is 114 cm³/mol. The third-order valence-corrected chi connectivity index (χ3v) is 6.14. The predicted octanol–water partition coefficient (Wildman–Crippen LogP) is 5.57. The number of fused-ring (bicyclic) bond motifs is 3. The van der Waals surface area contributed by atoms with Crippen molar-refractivity contribution in [3.63, 3.8) is 0 Å². The van der Waals surface area contributed by atoms with Crippen molar-refractivity contribution in [2.75, 3.05) is 12.4 Å². The number of aromatic nitrogens is 1. The third kappa shape index (κ3) is 2.65. The van der Waals surface area contributed by atoms with Gasteiger partial charge in [-0.15, -0.1) is 0 Å². The average Bonchev–Trinajstić information content (AvgIpc) is 2.72. The number of hydrogen-bond acceptors (Lipinski definition) is 4. The summed E-state index contributed by atoms with van der Waals surface area (Å²) in [5.41, 5.74) is 5.97. The van der Waals surface area contributed by atoms with Crippen molar-refractivity contribution in [3.8, 4) is 5.75 Å². The van der Waals surface area contributed by atoms with Crippen LogP contribution in [0, 0.1) is 0 Å². The lowest BCUT2D eigenvalue weighted by atomic mass is 9.74. The molecule has 1 unspecified atom stereocenters. The van der Waals surface area contributed by atoms with Crippen molar-refractivity contribution >= 4 is 38.3 Å². The first-order valence-electron chi connectivity index (χ1n) is 9.41. The number of carbonyl (C=O) groups excluding carboxylic acids is 1. The fourth-order valence-electron chi connectivity index (χ4n) is 4.47. The quantitative estimate of drug-likeness (QED) is 0.572. The number of rotatable bonds is 2. The second-order valence-corrected chi connectivity index (χ2v) is 8.13. The number of benzene rings is 2. The summed E-state index contributed by atoms with van der Waals surface area (Å²) in [6.07, 6.45) is 4.16. The van der Waals surface area contributed by atoms with Crippen LogP contribution in [0.2, 0.25) is 0 Å². The van der Waals surface area contributed by atoms with Gasteiger partial charge >= 0.3 is 0 Å². The van der Waals surface area contributed by atoms with E-state index in [1.54, 1.807) is 13.3 Å². The van der Waals surface area contributed by atoms with Crippen molar-refractivity contribution in [1.29, 1.82) is 0 Å². The minimum Gasteiger partial charge on any atom is -0.496 e. The molecule has 0 bridgehead atoms. The van der Waals surface area contributed by atoms with Gasteiger partial charge in [-0.05, 0) is 54.8 Å². The molecule has 28 heavy (non-hydrogen) atoms. The molecule has 1 aliphatic heterocycles. The molecule has 5 rings (SSSR count). The molecular weight excluding hydrogens is 416 g/mol. The van der Waals surface area contributed by atoms with E-state index in [1.807, 2.05) is 24.3 Å². The SMILES string of the molecule is COc1ccc(Br)cc1C1C2=C(CCCC2=O)Nc2ccc3ncccc3c21. The molecule has 1 aromatic heterocycles. The lowest BCUT2D eigenvalue weighted by Gasteiger charge is -2.35. The van der Waals surface area contributed by atoms with Gasteiger partial charge in [-0.3, -0.25) is 9.78 Å². The maximum atomic E-state index is 13.1. The van der Waals surface area contributed by atoms with Gasteiger partial charge < -0.3 is 10.1 Å². The topological polar surface area (TPSA) is 51.2 Å². The normalized spacial score (nSPS) is 18.5. The van der Waals surface area contributed by atoms with Crippen LogP contribution in [0.15, 0.2) is 64.4 Å². The second kappa shape index (κ2) is 6.74. The minimum absolute atomic E-state index is 0.181. The molecule has 1 N–H and O–H groups in total. The van der Waals surface area contributed by atoms with E-state index in [4.69, 9.17) is 4.74 Å². The van der Waals surface area contributed by atoms with Crippen molar-refractivity contribution in [2.45, 2.75) is 25.2 Å². The van der Waals surface area contributed by atoms with Gasteiger partial charge in [0.15, 0.2) is 5.78 Å². The molecule has 0 spiro atoms. The van der Waals surface area contributed by atoms with Crippen molar-refractivity contribution in [2.24, 2.45) is 0 Å². The van der Waals surface area contributed by atoms with Gasteiger partial charge in [0.1, 0.15) is 5.75 Å². The number of allylic oxidation sites excluding steroid dienone is 2. The van der Waals surface area contributed by atoms with E-state index in [9.17, 15) is 4.79 Å². The Kier molecular flexibility index (Phi) is 4.20. The lowest BCUT2D eigenvalue weighted by molar-refractivity contribution is -0.116. The molecule has 0 fully saturated rings. The number of nitrogens with zero attached hydrogens (tertiary/aromatic N) is 1. The molecule has 0 radical (unpaired) electrons.